The molecule has 0 aliphatic heterocycles. The fraction of sp³-hybridized carbons (Fsp3) is 0.389. The summed E-state index contributed by atoms with van der Waals surface area (Å²) in [6.07, 6.45) is 2.47. The first kappa shape index (κ1) is 18.4. The highest BCUT2D eigenvalue weighted by molar-refractivity contribution is 6.30. The molecule has 1 unspecified atom stereocenters. The Kier molecular flexibility index (Phi) is 5.29. The van der Waals surface area contributed by atoms with Crippen molar-refractivity contribution in [2.24, 2.45) is 14.1 Å². The van der Waals surface area contributed by atoms with Crippen molar-refractivity contribution in [1.29, 1.82) is 0 Å². The van der Waals surface area contributed by atoms with Crippen LogP contribution >= 0.6 is 11.6 Å². The largest absolute Gasteiger partial charge is 0.332 e. The first-order chi connectivity index (χ1) is 12.4. The van der Waals surface area contributed by atoms with E-state index in [-0.39, 0.29) is 17.3 Å². The van der Waals surface area contributed by atoms with Gasteiger partial charge < -0.3 is 9.88 Å². The number of nitrogens with one attached hydrogen (secondary N) is 1. The second-order valence-electron chi connectivity index (χ2n) is 6.51. The summed E-state index contributed by atoms with van der Waals surface area (Å²) in [4.78, 5) is 28.6. The molecule has 0 saturated heterocycles. The molecule has 2 heterocycles. The van der Waals surface area contributed by atoms with E-state index >= 15 is 0 Å². The van der Waals surface area contributed by atoms with E-state index in [1.165, 1.54) is 17.2 Å². The van der Waals surface area contributed by atoms with Crippen LogP contribution in [-0.2, 0) is 27.1 Å². The fourth-order valence-electron chi connectivity index (χ4n) is 3.09. The first-order valence-corrected chi connectivity index (χ1v) is 8.85. The Labute approximate surface area is 155 Å². The number of hydrogen-bond donors (Lipinski definition) is 1. The molecule has 138 valence electrons. The van der Waals surface area contributed by atoms with Crippen LogP contribution in [0.3, 0.4) is 0 Å². The van der Waals surface area contributed by atoms with Gasteiger partial charge in [0.05, 0.1) is 6.33 Å². The lowest BCUT2D eigenvalue weighted by molar-refractivity contribution is 0.515. The van der Waals surface area contributed by atoms with Gasteiger partial charge in [0.15, 0.2) is 11.2 Å². The minimum atomic E-state index is -0.374. The number of nitrogens with zero attached hydrogens (tertiary/aromatic N) is 4. The molecule has 0 spiro atoms. The van der Waals surface area contributed by atoms with E-state index < -0.39 is 0 Å². The predicted molar refractivity (Wildman–Crippen MR) is 103 cm³/mol. The Bertz CT molecular complexity index is 1050. The maximum atomic E-state index is 12.4. The number of imidazole rings is 1. The van der Waals surface area contributed by atoms with Gasteiger partial charge in [-0.25, -0.2) is 9.78 Å². The SMILES string of the molecule is CC(Cc1cccc(Cl)c1)NCCn1cnc2c1c(=O)n(C)c(=O)n2C. The Morgan fingerprint density at radius 3 is 2.73 bits per heavy atom. The molecule has 7 nitrogen and oxygen atoms in total. The highest BCUT2D eigenvalue weighted by atomic mass is 35.5. The Morgan fingerprint density at radius 1 is 1.23 bits per heavy atom. The summed E-state index contributed by atoms with van der Waals surface area (Å²) in [6.45, 7) is 3.37. The van der Waals surface area contributed by atoms with Crippen LogP contribution in [0.4, 0.5) is 0 Å². The molecule has 0 amide bonds. The Morgan fingerprint density at radius 2 is 2.00 bits per heavy atom. The van der Waals surface area contributed by atoms with Crippen LogP contribution in [0.5, 0.6) is 0 Å². The normalized spacial score (nSPS) is 12.6. The number of fused-ring (bicyclic) bond motifs is 1. The van der Waals surface area contributed by atoms with Gasteiger partial charge in [-0.15, -0.1) is 0 Å². The summed E-state index contributed by atoms with van der Waals surface area (Å²) in [6, 6.07) is 8.09. The number of hydrogen-bond acceptors (Lipinski definition) is 4. The van der Waals surface area contributed by atoms with Crippen LogP contribution in [-0.4, -0.2) is 31.3 Å². The van der Waals surface area contributed by atoms with Crippen molar-refractivity contribution in [2.75, 3.05) is 6.54 Å². The number of halogens is 1. The van der Waals surface area contributed by atoms with E-state index in [1.54, 1.807) is 17.9 Å². The minimum absolute atomic E-state index is 0.260. The van der Waals surface area contributed by atoms with E-state index in [4.69, 9.17) is 11.6 Å². The maximum absolute atomic E-state index is 12.4. The molecule has 0 aliphatic rings. The van der Waals surface area contributed by atoms with Gasteiger partial charge in [-0.2, -0.15) is 0 Å². The van der Waals surface area contributed by atoms with Crippen LogP contribution in [0.2, 0.25) is 5.02 Å². The third-order valence-corrected chi connectivity index (χ3v) is 4.73. The first-order valence-electron chi connectivity index (χ1n) is 8.47. The lowest BCUT2D eigenvalue weighted by Gasteiger charge is -2.14. The lowest BCUT2D eigenvalue weighted by atomic mass is 10.1. The molecule has 0 fully saturated rings. The van der Waals surface area contributed by atoms with E-state index in [2.05, 4.69) is 23.3 Å². The van der Waals surface area contributed by atoms with Crippen molar-refractivity contribution in [3.63, 3.8) is 0 Å². The average molecular weight is 376 g/mol. The molecule has 1 aromatic carbocycles. The topological polar surface area (TPSA) is 73.8 Å². The standard InChI is InChI=1S/C18H22ClN5O2/c1-12(9-13-5-4-6-14(19)10-13)20-7-8-24-11-21-16-15(24)17(25)23(3)18(26)22(16)2/h4-6,10-12,20H,7-9H2,1-3H3. The van der Waals surface area contributed by atoms with Gasteiger partial charge in [0, 0.05) is 38.2 Å². The van der Waals surface area contributed by atoms with Gasteiger partial charge in [-0.05, 0) is 31.0 Å². The molecule has 2 aromatic heterocycles. The average Bonchev–Trinajstić information content (AvgIpc) is 3.02. The summed E-state index contributed by atoms with van der Waals surface area (Å²) >= 11 is 6.02. The number of aryl methyl sites for hydroxylation is 1. The number of aromatic nitrogens is 4. The smallest absolute Gasteiger partial charge is 0.323 e. The van der Waals surface area contributed by atoms with Crippen molar-refractivity contribution >= 4 is 22.8 Å². The van der Waals surface area contributed by atoms with Crippen molar-refractivity contribution in [3.05, 3.63) is 62.0 Å². The van der Waals surface area contributed by atoms with Gasteiger partial charge in [-0.1, -0.05) is 23.7 Å². The highest BCUT2D eigenvalue weighted by Crippen LogP contribution is 2.12. The maximum Gasteiger partial charge on any atom is 0.332 e. The molecule has 1 N–H and O–H groups in total. The quantitative estimate of drug-likeness (QED) is 0.705. The lowest BCUT2D eigenvalue weighted by Crippen LogP contribution is -2.38. The molecule has 26 heavy (non-hydrogen) atoms. The summed E-state index contributed by atoms with van der Waals surface area (Å²) in [5.41, 5.74) is 1.33. The second kappa shape index (κ2) is 7.47. The molecule has 0 radical (unpaired) electrons. The zero-order valence-electron chi connectivity index (χ0n) is 15.1. The molecule has 0 aliphatic carbocycles. The van der Waals surface area contributed by atoms with Crippen LogP contribution in [0, 0.1) is 0 Å². The van der Waals surface area contributed by atoms with Crippen molar-refractivity contribution in [3.8, 4) is 0 Å². The summed E-state index contributed by atoms with van der Waals surface area (Å²) in [7, 11) is 3.10. The Hall–Kier alpha value is -2.38. The van der Waals surface area contributed by atoms with Gasteiger partial charge in [0.1, 0.15) is 0 Å². The van der Waals surface area contributed by atoms with E-state index in [9.17, 15) is 9.59 Å². The highest BCUT2D eigenvalue weighted by Gasteiger charge is 2.14. The van der Waals surface area contributed by atoms with Crippen molar-refractivity contribution in [1.82, 2.24) is 24.0 Å². The van der Waals surface area contributed by atoms with Crippen molar-refractivity contribution < 1.29 is 0 Å². The third-order valence-electron chi connectivity index (χ3n) is 4.49. The molecular formula is C18H22ClN5O2. The predicted octanol–water partition coefficient (Wildman–Crippen LogP) is 1.31. The van der Waals surface area contributed by atoms with Gasteiger partial charge >= 0.3 is 5.69 Å². The molecule has 0 saturated carbocycles. The molecular weight excluding hydrogens is 354 g/mol. The van der Waals surface area contributed by atoms with Gasteiger partial charge in [0.2, 0.25) is 0 Å². The van der Waals surface area contributed by atoms with Crippen LogP contribution in [0.15, 0.2) is 40.2 Å². The van der Waals surface area contributed by atoms with Crippen molar-refractivity contribution in [2.45, 2.75) is 25.9 Å². The number of benzene rings is 1. The monoisotopic (exact) mass is 375 g/mol. The van der Waals surface area contributed by atoms with E-state index in [0.29, 0.717) is 24.3 Å². The summed E-state index contributed by atoms with van der Waals surface area (Å²) in [5.74, 6) is 0. The van der Waals surface area contributed by atoms with Crippen LogP contribution in [0.1, 0.15) is 12.5 Å². The molecule has 0 bridgehead atoms. The number of rotatable bonds is 6. The van der Waals surface area contributed by atoms with Crippen LogP contribution in [0.25, 0.3) is 11.2 Å². The third kappa shape index (κ3) is 3.59. The molecule has 1 atom stereocenters. The van der Waals surface area contributed by atoms with Crippen LogP contribution < -0.4 is 16.6 Å². The fourth-order valence-corrected chi connectivity index (χ4v) is 3.30. The Balaban J connectivity index is 1.69. The van der Waals surface area contributed by atoms with E-state index in [0.717, 1.165) is 16.0 Å². The second-order valence-corrected chi connectivity index (χ2v) is 6.94. The summed E-state index contributed by atoms with van der Waals surface area (Å²) in [5, 5.41) is 4.18. The molecule has 8 heteroatoms. The zero-order valence-corrected chi connectivity index (χ0v) is 15.8. The minimum Gasteiger partial charge on any atom is -0.323 e. The van der Waals surface area contributed by atoms with E-state index in [1.807, 2.05) is 18.2 Å². The van der Waals surface area contributed by atoms with Gasteiger partial charge in [0.25, 0.3) is 5.56 Å². The molecule has 3 rings (SSSR count). The summed E-state index contributed by atoms with van der Waals surface area (Å²) < 4.78 is 4.29. The molecule has 3 aromatic rings. The zero-order chi connectivity index (χ0) is 18.8. The van der Waals surface area contributed by atoms with Gasteiger partial charge in [-0.3, -0.25) is 13.9 Å².